The van der Waals surface area contributed by atoms with Gasteiger partial charge in [-0.25, -0.2) is 0 Å². The summed E-state index contributed by atoms with van der Waals surface area (Å²) in [7, 11) is 0. The molecule has 3 fully saturated rings. The van der Waals surface area contributed by atoms with Crippen LogP contribution >= 0.6 is 12.2 Å². The topological polar surface area (TPSA) is 133 Å². The first-order valence-corrected chi connectivity index (χ1v) is 10.6. The molecule has 4 rings (SSSR count). The molecule has 0 amide bonds. The van der Waals surface area contributed by atoms with Gasteiger partial charge in [-0.3, -0.25) is 14.5 Å². The molecule has 29 heavy (non-hydrogen) atoms. The average Bonchev–Trinajstić information content (AvgIpc) is 3.34. The fourth-order valence-corrected chi connectivity index (χ4v) is 5.38. The molecule has 1 aromatic rings. The molecular weight excluding hydrogens is 396 g/mol. The van der Waals surface area contributed by atoms with E-state index in [0.29, 0.717) is 49.5 Å². The summed E-state index contributed by atoms with van der Waals surface area (Å²) < 4.78 is 0. The molecule has 0 bridgehead atoms. The number of rotatable bonds is 6. The number of carboxylic acids is 2. The van der Waals surface area contributed by atoms with Crippen LogP contribution in [0.2, 0.25) is 0 Å². The molecule has 2 aliphatic heterocycles. The summed E-state index contributed by atoms with van der Waals surface area (Å²) >= 11 is 4.82. The molecule has 10 nitrogen and oxygen atoms in total. The van der Waals surface area contributed by atoms with E-state index in [1.54, 1.807) is 0 Å². The van der Waals surface area contributed by atoms with E-state index in [2.05, 4.69) is 20.7 Å². The van der Waals surface area contributed by atoms with Gasteiger partial charge in [0.1, 0.15) is 12.1 Å². The predicted molar refractivity (Wildman–Crippen MR) is 106 cm³/mol. The van der Waals surface area contributed by atoms with E-state index in [-0.39, 0.29) is 6.04 Å². The van der Waals surface area contributed by atoms with E-state index in [4.69, 9.17) is 12.2 Å². The van der Waals surface area contributed by atoms with E-state index in [0.717, 1.165) is 25.8 Å². The number of nitrogens with one attached hydrogen (secondary N) is 1. The minimum atomic E-state index is -0.829. The van der Waals surface area contributed by atoms with Gasteiger partial charge in [0.05, 0.1) is 6.04 Å². The number of likely N-dealkylation sites (tertiary alicyclic amines) is 1. The Labute approximate surface area is 173 Å². The maximum atomic E-state index is 11.8. The number of carboxylic acid groups (broad SMARTS) is 2. The Morgan fingerprint density at radius 3 is 2.69 bits per heavy atom. The second kappa shape index (κ2) is 8.41. The number of tetrazole rings is 1. The van der Waals surface area contributed by atoms with Gasteiger partial charge in [0.2, 0.25) is 5.82 Å². The minimum absolute atomic E-state index is 0.140. The number of fused-ring (bicyclic) bond motifs is 1. The van der Waals surface area contributed by atoms with Crippen molar-refractivity contribution in [3.63, 3.8) is 0 Å². The van der Waals surface area contributed by atoms with Crippen molar-refractivity contribution in [1.82, 2.24) is 30.4 Å². The first-order chi connectivity index (χ1) is 13.9. The SMILES string of the molecule is O=C(O)[C@@H]1C[C@H]2C[C@@H](CN3C[C@@H](n4nnc(C=S)n4)C[C@H]3C(=O)O)CC[C@H]2CN1. The van der Waals surface area contributed by atoms with Crippen LogP contribution in [-0.4, -0.2) is 84.3 Å². The van der Waals surface area contributed by atoms with Crippen molar-refractivity contribution in [3.05, 3.63) is 5.82 Å². The summed E-state index contributed by atoms with van der Waals surface area (Å²) in [6.45, 7) is 2.03. The Kier molecular flexibility index (Phi) is 5.88. The van der Waals surface area contributed by atoms with Crippen LogP contribution in [0.25, 0.3) is 0 Å². The lowest BCUT2D eigenvalue weighted by molar-refractivity contribution is -0.143. The van der Waals surface area contributed by atoms with Crippen LogP contribution in [0.5, 0.6) is 0 Å². The molecule has 6 atom stereocenters. The number of carbonyl (C=O) groups is 2. The van der Waals surface area contributed by atoms with Crippen molar-refractivity contribution in [2.75, 3.05) is 19.6 Å². The summed E-state index contributed by atoms with van der Waals surface area (Å²) in [5, 5.41) is 35.6. The average molecular weight is 423 g/mol. The van der Waals surface area contributed by atoms with Crippen LogP contribution in [0, 0.1) is 17.8 Å². The number of hydrogen-bond donors (Lipinski definition) is 3. The monoisotopic (exact) mass is 422 g/mol. The van der Waals surface area contributed by atoms with Crippen molar-refractivity contribution in [2.45, 2.75) is 50.2 Å². The van der Waals surface area contributed by atoms with Crippen molar-refractivity contribution in [3.8, 4) is 0 Å². The van der Waals surface area contributed by atoms with E-state index in [1.165, 1.54) is 10.2 Å². The zero-order valence-corrected chi connectivity index (χ0v) is 16.9. The van der Waals surface area contributed by atoms with Gasteiger partial charge in [-0.2, -0.15) is 4.80 Å². The normalized spacial score (nSPS) is 35.2. The molecular formula is C18H26N6O4S. The molecule has 2 saturated heterocycles. The Hall–Kier alpha value is -1.98. The van der Waals surface area contributed by atoms with Gasteiger partial charge in [0.25, 0.3) is 0 Å². The van der Waals surface area contributed by atoms with Gasteiger partial charge >= 0.3 is 11.9 Å². The van der Waals surface area contributed by atoms with Crippen LogP contribution in [-0.2, 0) is 9.59 Å². The largest absolute Gasteiger partial charge is 0.480 e. The molecule has 3 heterocycles. The molecule has 158 valence electrons. The Balaban J connectivity index is 1.40. The van der Waals surface area contributed by atoms with Crippen LogP contribution in [0.1, 0.15) is 44.0 Å². The highest BCUT2D eigenvalue weighted by atomic mass is 32.1. The summed E-state index contributed by atoms with van der Waals surface area (Å²) in [6, 6.07) is -1.18. The van der Waals surface area contributed by atoms with Gasteiger partial charge in [-0.1, -0.05) is 12.2 Å². The number of aromatic nitrogens is 4. The molecule has 0 spiro atoms. The molecule has 3 N–H and O–H groups in total. The Morgan fingerprint density at radius 1 is 1.17 bits per heavy atom. The quantitative estimate of drug-likeness (QED) is 0.546. The molecule has 0 aromatic carbocycles. The van der Waals surface area contributed by atoms with Crippen molar-refractivity contribution < 1.29 is 19.8 Å². The first-order valence-electron chi connectivity index (χ1n) is 10.1. The molecule has 1 saturated carbocycles. The van der Waals surface area contributed by atoms with E-state index in [9.17, 15) is 19.8 Å². The highest BCUT2D eigenvalue weighted by Crippen LogP contribution is 2.40. The lowest BCUT2D eigenvalue weighted by atomic mass is 9.69. The highest BCUT2D eigenvalue weighted by molar-refractivity contribution is 7.79. The van der Waals surface area contributed by atoms with Crippen LogP contribution < -0.4 is 5.32 Å². The van der Waals surface area contributed by atoms with Gasteiger partial charge in [0.15, 0.2) is 0 Å². The maximum absolute atomic E-state index is 11.8. The number of aliphatic carboxylic acids is 2. The second-order valence-electron chi connectivity index (χ2n) is 8.52. The van der Waals surface area contributed by atoms with Crippen molar-refractivity contribution >= 4 is 29.5 Å². The van der Waals surface area contributed by atoms with Gasteiger partial charge < -0.3 is 15.5 Å². The zero-order chi connectivity index (χ0) is 20.5. The fourth-order valence-electron chi connectivity index (χ4n) is 5.29. The third kappa shape index (κ3) is 4.31. The summed E-state index contributed by atoms with van der Waals surface area (Å²) in [5.74, 6) is 0.0436. The molecule has 0 radical (unpaired) electrons. The van der Waals surface area contributed by atoms with E-state index in [1.807, 2.05) is 4.90 Å². The maximum Gasteiger partial charge on any atom is 0.321 e. The number of nitrogens with zero attached hydrogens (tertiary/aromatic N) is 5. The van der Waals surface area contributed by atoms with Crippen molar-refractivity contribution in [2.24, 2.45) is 17.8 Å². The Morgan fingerprint density at radius 2 is 2.00 bits per heavy atom. The van der Waals surface area contributed by atoms with E-state index >= 15 is 0 Å². The van der Waals surface area contributed by atoms with Gasteiger partial charge in [0, 0.05) is 18.5 Å². The number of thiocarbonyl (C=S) groups is 1. The number of hydrogen-bond acceptors (Lipinski definition) is 8. The summed E-state index contributed by atoms with van der Waals surface area (Å²) in [6.07, 6.45) is 4.16. The zero-order valence-electron chi connectivity index (χ0n) is 16.1. The predicted octanol–water partition coefficient (Wildman–Crippen LogP) is 0.200. The highest BCUT2D eigenvalue weighted by Gasteiger charge is 2.42. The molecule has 3 aliphatic rings. The summed E-state index contributed by atoms with van der Waals surface area (Å²) in [5.41, 5.74) is 0. The lowest BCUT2D eigenvalue weighted by Gasteiger charge is -2.42. The number of piperidine rings is 1. The summed E-state index contributed by atoms with van der Waals surface area (Å²) in [4.78, 5) is 26.7. The van der Waals surface area contributed by atoms with Crippen molar-refractivity contribution in [1.29, 1.82) is 0 Å². The van der Waals surface area contributed by atoms with Crippen LogP contribution in [0.3, 0.4) is 0 Å². The van der Waals surface area contributed by atoms with Crippen LogP contribution in [0.15, 0.2) is 0 Å². The van der Waals surface area contributed by atoms with Crippen LogP contribution in [0.4, 0.5) is 0 Å². The fraction of sp³-hybridized carbons (Fsp3) is 0.778. The second-order valence-corrected chi connectivity index (χ2v) is 8.75. The van der Waals surface area contributed by atoms with E-state index < -0.39 is 24.0 Å². The smallest absolute Gasteiger partial charge is 0.321 e. The lowest BCUT2D eigenvalue weighted by Crippen LogP contribution is -2.50. The molecule has 1 aliphatic carbocycles. The van der Waals surface area contributed by atoms with Gasteiger partial charge in [-0.15, -0.1) is 10.2 Å². The first kappa shape index (κ1) is 20.3. The standard InChI is InChI=1S/C18H26N6O4S/c25-17(26)14-4-12-3-10(1-2-11(12)6-19-14)7-23-8-13(5-15(23)18(27)28)24-21-16(9-29)20-22-24/h9-15,19H,1-8H2,(H,25,26)(H,27,28)/t10-,11-,12+,13-,14-,15-/m0/s1. The third-order valence-corrected chi connectivity index (χ3v) is 6.96. The molecule has 11 heteroatoms. The Bertz CT molecular complexity index is 788. The van der Waals surface area contributed by atoms with Gasteiger partial charge in [-0.05, 0) is 61.6 Å². The third-order valence-electron chi connectivity index (χ3n) is 6.75. The molecule has 0 unspecified atom stereocenters. The minimum Gasteiger partial charge on any atom is -0.480 e. The molecule has 1 aromatic heterocycles.